The molecule has 1 aromatic carbocycles. The zero-order chi connectivity index (χ0) is 28.3. The van der Waals surface area contributed by atoms with E-state index in [9.17, 15) is 14.0 Å². The van der Waals surface area contributed by atoms with Gasteiger partial charge in [0.2, 0.25) is 0 Å². The molecule has 38 heavy (non-hydrogen) atoms. The number of carbonyl (C=O) groups excluding carboxylic acids is 2. The van der Waals surface area contributed by atoms with Crippen molar-refractivity contribution in [1.82, 2.24) is 14.9 Å². The lowest BCUT2D eigenvalue weighted by atomic mass is 10.1. The molecule has 0 fully saturated rings. The van der Waals surface area contributed by atoms with Crippen LogP contribution in [0, 0.1) is 5.82 Å². The molecule has 0 aliphatic carbocycles. The van der Waals surface area contributed by atoms with Crippen molar-refractivity contribution in [3.05, 3.63) is 53.1 Å². The van der Waals surface area contributed by atoms with E-state index < -0.39 is 35.3 Å². The van der Waals surface area contributed by atoms with Crippen molar-refractivity contribution < 1.29 is 32.9 Å². The second-order valence-electron chi connectivity index (χ2n) is 10.6. The standard InChI is InChI=1S/C27H33ClFN3O6/c1-16(36-18-14-17-10-11-30-23(17)31-15-18)21-20(9-8-19(29)22(21)28)35-13-12-32(24(33)37-26(2,3)4)25(34)38-27(5,6)7/h8-11,14-16H,12-13H2,1-7H3,(H,30,31). The van der Waals surface area contributed by atoms with Crippen molar-refractivity contribution in [1.29, 1.82) is 0 Å². The summed E-state index contributed by atoms with van der Waals surface area (Å²) >= 11 is 6.31. The highest BCUT2D eigenvalue weighted by Gasteiger charge is 2.31. The van der Waals surface area contributed by atoms with E-state index in [-0.39, 0.29) is 29.5 Å². The van der Waals surface area contributed by atoms with Gasteiger partial charge in [-0.05, 0) is 72.7 Å². The lowest BCUT2D eigenvalue weighted by Crippen LogP contribution is -2.45. The molecular weight excluding hydrogens is 517 g/mol. The van der Waals surface area contributed by atoms with Crippen molar-refractivity contribution in [3.8, 4) is 11.5 Å². The Kier molecular flexibility index (Phi) is 8.76. The largest absolute Gasteiger partial charge is 0.491 e. The van der Waals surface area contributed by atoms with Crippen LogP contribution in [-0.4, -0.2) is 51.4 Å². The van der Waals surface area contributed by atoms with Crippen LogP contribution in [0.25, 0.3) is 11.0 Å². The molecule has 0 bridgehead atoms. The third-order valence-corrected chi connectivity index (χ3v) is 5.37. The number of aromatic amines is 1. The van der Waals surface area contributed by atoms with Gasteiger partial charge in [-0.3, -0.25) is 0 Å². The van der Waals surface area contributed by atoms with E-state index in [1.165, 1.54) is 12.1 Å². The van der Waals surface area contributed by atoms with Crippen LogP contribution in [0.4, 0.5) is 14.0 Å². The number of hydrogen-bond acceptors (Lipinski definition) is 7. The van der Waals surface area contributed by atoms with Crippen LogP contribution >= 0.6 is 11.6 Å². The van der Waals surface area contributed by atoms with Gasteiger partial charge < -0.3 is 23.9 Å². The first-order valence-corrected chi connectivity index (χ1v) is 12.5. The van der Waals surface area contributed by atoms with Gasteiger partial charge in [0.15, 0.2) is 0 Å². The normalized spacial score (nSPS) is 12.7. The number of nitrogens with zero attached hydrogens (tertiary/aromatic N) is 2. The van der Waals surface area contributed by atoms with Crippen LogP contribution in [0.15, 0.2) is 36.7 Å². The molecule has 0 saturated heterocycles. The van der Waals surface area contributed by atoms with Gasteiger partial charge in [-0.2, -0.15) is 0 Å². The van der Waals surface area contributed by atoms with E-state index in [1.54, 1.807) is 66.9 Å². The highest BCUT2D eigenvalue weighted by molar-refractivity contribution is 6.31. The van der Waals surface area contributed by atoms with Crippen LogP contribution in [-0.2, 0) is 9.47 Å². The highest BCUT2D eigenvalue weighted by Crippen LogP contribution is 2.37. The number of halogens is 2. The third-order valence-electron chi connectivity index (χ3n) is 4.99. The summed E-state index contributed by atoms with van der Waals surface area (Å²) < 4.78 is 37.0. The smallest absolute Gasteiger partial charge is 0.419 e. The first-order chi connectivity index (χ1) is 17.6. The van der Waals surface area contributed by atoms with Crippen LogP contribution in [0.3, 0.4) is 0 Å². The van der Waals surface area contributed by atoms with Crippen LogP contribution in [0.5, 0.6) is 11.5 Å². The third kappa shape index (κ3) is 7.74. The average Bonchev–Trinajstić information content (AvgIpc) is 3.24. The number of H-pyrrole nitrogens is 1. The highest BCUT2D eigenvalue weighted by atomic mass is 35.5. The quantitative estimate of drug-likeness (QED) is 0.337. The van der Waals surface area contributed by atoms with E-state index in [0.29, 0.717) is 11.4 Å². The number of aromatic nitrogens is 2. The lowest BCUT2D eigenvalue weighted by Gasteiger charge is -2.28. The first kappa shape index (κ1) is 29.0. The summed E-state index contributed by atoms with van der Waals surface area (Å²) in [6, 6.07) is 6.23. The second kappa shape index (κ2) is 11.5. The van der Waals surface area contributed by atoms with E-state index in [0.717, 1.165) is 10.3 Å². The predicted molar refractivity (Wildman–Crippen MR) is 141 cm³/mol. The molecule has 0 spiro atoms. The topological polar surface area (TPSA) is 103 Å². The number of fused-ring (bicyclic) bond motifs is 1. The van der Waals surface area contributed by atoms with E-state index >= 15 is 0 Å². The predicted octanol–water partition coefficient (Wildman–Crippen LogP) is 7.05. The molecule has 9 nitrogen and oxygen atoms in total. The molecule has 3 rings (SSSR count). The van der Waals surface area contributed by atoms with E-state index in [4.69, 9.17) is 30.5 Å². The van der Waals surface area contributed by atoms with Crippen molar-refractivity contribution in [3.63, 3.8) is 0 Å². The minimum atomic E-state index is -0.878. The summed E-state index contributed by atoms with van der Waals surface area (Å²) in [5, 5.41) is 0.683. The molecule has 3 aromatic rings. The van der Waals surface area contributed by atoms with Gasteiger partial charge in [0.05, 0.1) is 23.3 Å². The summed E-state index contributed by atoms with van der Waals surface area (Å²) in [6.07, 6.45) is 0.828. The molecular formula is C27H33ClFN3O6. The first-order valence-electron chi connectivity index (χ1n) is 12.1. The molecule has 11 heteroatoms. The number of ether oxygens (including phenoxy) is 4. The molecule has 0 aliphatic rings. The Morgan fingerprint density at radius 1 is 1.08 bits per heavy atom. The fourth-order valence-electron chi connectivity index (χ4n) is 3.44. The summed E-state index contributed by atoms with van der Waals surface area (Å²) in [7, 11) is 0. The summed E-state index contributed by atoms with van der Waals surface area (Å²) in [5.74, 6) is 0.0395. The monoisotopic (exact) mass is 549 g/mol. The Morgan fingerprint density at radius 3 is 2.32 bits per heavy atom. The van der Waals surface area contributed by atoms with Crippen molar-refractivity contribution >= 4 is 34.8 Å². The number of nitrogens with one attached hydrogen (secondary N) is 1. The fourth-order valence-corrected chi connectivity index (χ4v) is 3.75. The van der Waals surface area contributed by atoms with Crippen LogP contribution in [0.2, 0.25) is 5.02 Å². The lowest BCUT2D eigenvalue weighted by molar-refractivity contribution is -0.000741. The molecule has 2 heterocycles. The Labute approximate surface area is 226 Å². The van der Waals surface area contributed by atoms with Crippen molar-refractivity contribution in [2.24, 2.45) is 0 Å². The molecule has 1 atom stereocenters. The average molecular weight is 550 g/mol. The van der Waals surface area contributed by atoms with Gasteiger partial charge in [0, 0.05) is 11.6 Å². The minimum absolute atomic E-state index is 0.142. The summed E-state index contributed by atoms with van der Waals surface area (Å²) in [5.41, 5.74) is -0.693. The Bertz CT molecular complexity index is 1270. The zero-order valence-electron chi connectivity index (χ0n) is 22.6. The molecule has 0 aliphatic heterocycles. The fraction of sp³-hybridized carbons (Fsp3) is 0.444. The SMILES string of the molecule is CC(Oc1cnc2[nH]ccc2c1)c1c(OCCN(C(=O)OC(C)(C)C)C(=O)OC(C)(C)C)ccc(F)c1Cl. The Hall–Kier alpha value is -3.53. The van der Waals surface area contributed by atoms with Crippen molar-refractivity contribution in [2.75, 3.05) is 13.2 Å². The Morgan fingerprint density at radius 2 is 1.71 bits per heavy atom. The van der Waals surface area contributed by atoms with Gasteiger partial charge in [-0.1, -0.05) is 11.6 Å². The molecule has 0 saturated carbocycles. The number of amides is 2. The molecule has 0 radical (unpaired) electrons. The maximum atomic E-state index is 14.4. The van der Waals surface area contributed by atoms with E-state index in [2.05, 4.69) is 9.97 Å². The van der Waals surface area contributed by atoms with Crippen LogP contribution < -0.4 is 9.47 Å². The molecule has 206 valence electrons. The molecule has 1 N–H and O–H groups in total. The van der Waals surface area contributed by atoms with Gasteiger partial charge in [-0.15, -0.1) is 0 Å². The van der Waals surface area contributed by atoms with Crippen LogP contribution in [0.1, 0.15) is 60.1 Å². The number of rotatable bonds is 7. The Balaban J connectivity index is 1.78. The maximum Gasteiger partial charge on any atom is 0.419 e. The molecule has 2 aromatic heterocycles. The zero-order valence-corrected chi connectivity index (χ0v) is 23.3. The summed E-state index contributed by atoms with van der Waals surface area (Å²) in [4.78, 5) is 33.6. The number of pyridine rings is 1. The number of hydrogen-bond donors (Lipinski definition) is 1. The number of benzene rings is 1. The molecule has 2 amide bonds. The van der Waals surface area contributed by atoms with Gasteiger partial charge >= 0.3 is 12.2 Å². The second-order valence-corrected chi connectivity index (χ2v) is 11.0. The van der Waals surface area contributed by atoms with Crippen molar-refractivity contribution in [2.45, 2.75) is 65.8 Å². The number of carbonyl (C=O) groups is 2. The van der Waals surface area contributed by atoms with E-state index in [1.807, 2.05) is 6.07 Å². The summed E-state index contributed by atoms with van der Waals surface area (Å²) in [6.45, 7) is 11.5. The van der Waals surface area contributed by atoms with Gasteiger partial charge in [-0.25, -0.2) is 23.9 Å². The number of imide groups is 1. The van der Waals surface area contributed by atoms with Gasteiger partial charge in [0.1, 0.15) is 46.9 Å². The molecule has 1 unspecified atom stereocenters. The maximum absolute atomic E-state index is 14.4. The minimum Gasteiger partial charge on any atom is -0.491 e. The van der Waals surface area contributed by atoms with Gasteiger partial charge in [0.25, 0.3) is 0 Å².